The summed E-state index contributed by atoms with van der Waals surface area (Å²) in [7, 11) is 3.43. The zero-order chi connectivity index (χ0) is 18.0. The highest BCUT2D eigenvalue weighted by Gasteiger charge is 2.18. The predicted octanol–water partition coefficient (Wildman–Crippen LogP) is 0.878. The van der Waals surface area contributed by atoms with Crippen LogP contribution in [0.5, 0.6) is 0 Å². The molecular weight excluding hydrogens is 320 g/mol. The maximum atomic E-state index is 12.6. The van der Waals surface area contributed by atoms with Gasteiger partial charge in [-0.2, -0.15) is 10.2 Å². The molecule has 2 amide bonds. The van der Waals surface area contributed by atoms with Crippen molar-refractivity contribution in [2.45, 2.75) is 6.92 Å². The van der Waals surface area contributed by atoms with E-state index >= 15 is 0 Å². The minimum Gasteiger partial charge on any atom is -0.349 e. The molecule has 0 aliphatic rings. The second-order valence-corrected chi connectivity index (χ2v) is 5.87. The standard InChI is InChI=1S/C17H20N6O2/c1-12-10-19-22(3)15(12)16(24)18-7-9-21(2)17(25)13-11-20-23-8-5-4-6-14(13)23/h4-6,8,10-11H,7,9H2,1-3H3,(H,18,24). The summed E-state index contributed by atoms with van der Waals surface area (Å²) >= 11 is 0. The number of fused-ring (bicyclic) bond motifs is 1. The first-order valence-corrected chi connectivity index (χ1v) is 7.93. The first kappa shape index (κ1) is 16.7. The van der Waals surface area contributed by atoms with Gasteiger partial charge in [-0.3, -0.25) is 14.3 Å². The van der Waals surface area contributed by atoms with Crippen molar-refractivity contribution in [1.82, 2.24) is 29.6 Å². The van der Waals surface area contributed by atoms with E-state index in [1.807, 2.05) is 25.1 Å². The number of pyridine rings is 1. The molecule has 3 heterocycles. The summed E-state index contributed by atoms with van der Waals surface area (Å²) < 4.78 is 3.20. The number of hydrogen-bond acceptors (Lipinski definition) is 4. The number of rotatable bonds is 5. The average molecular weight is 340 g/mol. The summed E-state index contributed by atoms with van der Waals surface area (Å²) in [6, 6.07) is 5.57. The van der Waals surface area contributed by atoms with Crippen LogP contribution in [0.1, 0.15) is 26.4 Å². The van der Waals surface area contributed by atoms with Crippen molar-refractivity contribution < 1.29 is 9.59 Å². The van der Waals surface area contributed by atoms with Gasteiger partial charge in [-0.15, -0.1) is 0 Å². The van der Waals surface area contributed by atoms with Gasteiger partial charge in [0.05, 0.1) is 23.5 Å². The number of aromatic nitrogens is 4. The van der Waals surface area contributed by atoms with Gasteiger partial charge in [0.15, 0.2) is 0 Å². The summed E-state index contributed by atoms with van der Waals surface area (Å²) in [4.78, 5) is 26.4. The van der Waals surface area contributed by atoms with E-state index < -0.39 is 0 Å². The second-order valence-electron chi connectivity index (χ2n) is 5.87. The van der Waals surface area contributed by atoms with Crippen LogP contribution >= 0.6 is 0 Å². The first-order chi connectivity index (χ1) is 12.0. The summed E-state index contributed by atoms with van der Waals surface area (Å²) in [5, 5.41) is 11.0. The molecule has 3 aromatic rings. The Kier molecular flexibility index (Phi) is 4.51. The van der Waals surface area contributed by atoms with Crippen LogP contribution in [0.2, 0.25) is 0 Å². The van der Waals surface area contributed by atoms with Crippen molar-refractivity contribution in [3.05, 3.63) is 53.6 Å². The van der Waals surface area contributed by atoms with Crippen LogP contribution in [0.25, 0.3) is 5.52 Å². The third-order valence-electron chi connectivity index (χ3n) is 4.07. The molecule has 0 saturated heterocycles. The van der Waals surface area contributed by atoms with Crippen LogP contribution in [0.3, 0.4) is 0 Å². The fraction of sp³-hybridized carbons (Fsp3) is 0.294. The van der Waals surface area contributed by atoms with Gasteiger partial charge in [-0.25, -0.2) is 4.52 Å². The van der Waals surface area contributed by atoms with E-state index in [9.17, 15) is 9.59 Å². The van der Waals surface area contributed by atoms with E-state index in [0.717, 1.165) is 11.1 Å². The molecule has 1 N–H and O–H groups in total. The molecule has 0 aliphatic heterocycles. The number of aryl methyl sites for hydroxylation is 2. The van der Waals surface area contributed by atoms with Gasteiger partial charge in [-0.05, 0) is 24.6 Å². The number of carbonyl (C=O) groups is 2. The Labute approximate surface area is 145 Å². The molecule has 3 rings (SSSR count). The molecule has 0 saturated carbocycles. The number of hydrogen-bond donors (Lipinski definition) is 1. The van der Waals surface area contributed by atoms with E-state index in [1.54, 1.807) is 46.8 Å². The second kappa shape index (κ2) is 6.76. The maximum absolute atomic E-state index is 12.6. The quantitative estimate of drug-likeness (QED) is 0.747. The van der Waals surface area contributed by atoms with Crippen molar-refractivity contribution in [3.8, 4) is 0 Å². The molecule has 0 aliphatic carbocycles. The Morgan fingerprint density at radius 2 is 2.04 bits per heavy atom. The molecule has 0 fully saturated rings. The number of carbonyl (C=O) groups excluding carboxylic acids is 2. The number of likely N-dealkylation sites (N-methyl/N-ethyl adjacent to an activating group) is 1. The number of amides is 2. The predicted molar refractivity (Wildman–Crippen MR) is 92.4 cm³/mol. The number of nitrogens with one attached hydrogen (secondary N) is 1. The average Bonchev–Trinajstić information content (AvgIpc) is 3.17. The molecule has 25 heavy (non-hydrogen) atoms. The Hall–Kier alpha value is -3.16. The van der Waals surface area contributed by atoms with Crippen molar-refractivity contribution in [2.24, 2.45) is 7.05 Å². The van der Waals surface area contributed by atoms with E-state index in [2.05, 4.69) is 15.5 Å². The lowest BCUT2D eigenvalue weighted by molar-refractivity contribution is 0.0788. The van der Waals surface area contributed by atoms with Crippen LogP contribution in [-0.4, -0.2) is 56.2 Å². The molecule has 0 bridgehead atoms. The lowest BCUT2D eigenvalue weighted by Crippen LogP contribution is -2.36. The van der Waals surface area contributed by atoms with E-state index in [1.165, 1.54) is 0 Å². The molecule has 0 spiro atoms. The molecule has 0 unspecified atom stereocenters. The third kappa shape index (κ3) is 3.23. The van der Waals surface area contributed by atoms with Crippen molar-refractivity contribution in [3.63, 3.8) is 0 Å². The van der Waals surface area contributed by atoms with Crippen molar-refractivity contribution >= 4 is 17.3 Å². The zero-order valence-electron chi connectivity index (χ0n) is 14.4. The molecule has 8 nitrogen and oxygen atoms in total. The van der Waals surface area contributed by atoms with Crippen LogP contribution in [0.15, 0.2) is 36.8 Å². The van der Waals surface area contributed by atoms with Gasteiger partial charge in [0.25, 0.3) is 11.8 Å². The smallest absolute Gasteiger partial charge is 0.269 e. The molecule has 0 atom stereocenters. The fourth-order valence-electron chi connectivity index (χ4n) is 2.70. The highest BCUT2D eigenvalue weighted by molar-refractivity contribution is 6.00. The molecule has 8 heteroatoms. The monoisotopic (exact) mass is 340 g/mol. The van der Waals surface area contributed by atoms with Gasteiger partial charge in [0.1, 0.15) is 5.69 Å². The molecule has 3 aromatic heterocycles. The van der Waals surface area contributed by atoms with Crippen molar-refractivity contribution in [1.29, 1.82) is 0 Å². The highest BCUT2D eigenvalue weighted by Crippen LogP contribution is 2.12. The van der Waals surface area contributed by atoms with Crippen LogP contribution < -0.4 is 5.32 Å². The topological polar surface area (TPSA) is 84.5 Å². The fourth-order valence-corrected chi connectivity index (χ4v) is 2.70. The Bertz CT molecular complexity index is 907. The summed E-state index contributed by atoms with van der Waals surface area (Å²) in [6.07, 6.45) is 5.00. The van der Waals surface area contributed by atoms with Gasteiger partial charge in [0.2, 0.25) is 0 Å². The van der Waals surface area contributed by atoms with Gasteiger partial charge in [-0.1, -0.05) is 6.07 Å². The van der Waals surface area contributed by atoms with Crippen molar-refractivity contribution in [2.75, 3.05) is 20.1 Å². The number of nitrogens with zero attached hydrogens (tertiary/aromatic N) is 5. The minimum absolute atomic E-state index is 0.132. The Morgan fingerprint density at radius 1 is 1.24 bits per heavy atom. The van der Waals surface area contributed by atoms with Crippen LogP contribution in [0, 0.1) is 6.92 Å². The lowest BCUT2D eigenvalue weighted by Gasteiger charge is -2.17. The highest BCUT2D eigenvalue weighted by atomic mass is 16.2. The molecule has 0 aromatic carbocycles. The SMILES string of the molecule is Cc1cnn(C)c1C(=O)NCCN(C)C(=O)c1cnn2ccccc12. The van der Waals surface area contributed by atoms with Gasteiger partial charge < -0.3 is 10.2 Å². The summed E-state index contributed by atoms with van der Waals surface area (Å²) in [5.74, 6) is -0.332. The molecule has 130 valence electrons. The Balaban J connectivity index is 1.60. The zero-order valence-corrected chi connectivity index (χ0v) is 14.4. The van der Waals surface area contributed by atoms with Crippen LogP contribution in [-0.2, 0) is 7.05 Å². The summed E-state index contributed by atoms with van der Waals surface area (Å²) in [5.41, 5.74) is 2.64. The van der Waals surface area contributed by atoms with E-state index in [-0.39, 0.29) is 11.8 Å². The van der Waals surface area contributed by atoms with E-state index in [4.69, 9.17) is 0 Å². The summed E-state index contributed by atoms with van der Waals surface area (Å²) in [6.45, 7) is 2.58. The lowest BCUT2D eigenvalue weighted by atomic mass is 10.2. The Morgan fingerprint density at radius 3 is 2.76 bits per heavy atom. The molecule has 0 radical (unpaired) electrons. The largest absolute Gasteiger partial charge is 0.349 e. The van der Waals surface area contributed by atoms with Gasteiger partial charge >= 0.3 is 0 Å². The minimum atomic E-state index is -0.200. The third-order valence-corrected chi connectivity index (χ3v) is 4.07. The molecular formula is C17H20N6O2. The van der Waals surface area contributed by atoms with Crippen LogP contribution in [0.4, 0.5) is 0 Å². The van der Waals surface area contributed by atoms with E-state index in [0.29, 0.717) is 24.3 Å². The maximum Gasteiger partial charge on any atom is 0.269 e. The normalized spacial score (nSPS) is 10.8. The first-order valence-electron chi connectivity index (χ1n) is 7.93. The van der Waals surface area contributed by atoms with Gasteiger partial charge in [0, 0.05) is 33.4 Å².